The first-order chi connectivity index (χ1) is 10.2. The van der Waals surface area contributed by atoms with E-state index in [1.807, 2.05) is 10.7 Å². The highest BCUT2D eigenvalue weighted by atomic mass is 32.1. The lowest BCUT2D eigenvalue weighted by Gasteiger charge is -2.03. The molecule has 21 heavy (non-hydrogen) atoms. The van der Waals surface area contributed by atoms with Crippen LogP contribution >= 0.6 is 11.3 Å². The van der Waals surface area contributed by atoms with Crippen molar-refractivity contribution in [3.05, 3.63) is 41.2 Å². The average molecular weight is 298 g/mol. The van der Waals surface area contributed by atoms with Crippen LogP contribution in [-0.4, -0.2) is 20.8 Å². The van der Waals surface area contributed by atoms with Crippen molar-refractivity contribution in [1.29, 1.82) is 0 Å². The summed E-state index contributed by atoms with van der Waals surface area (Å²) >= 11 is 1.69. The first-order valence-electron chi connectivity index (χ1n) is 7.37. The molecule has 0 atom stereocenters. The van der Waals surface area contributed by atoms with E-state index in [9.17, 15) is 0 Å². The summed E-state index contributed by atoms with van der Waals surface area (Å²) in [6.45, 7) is 5.13. The van der Waals surface area contributed by atoms with Crippen LogP contribution in [0, 0.1) is 13.8 Å². The Morgan fingerprint density at radius 1 is 1.29 bits per heavy atom. The zero-order valence-corrected chi connectivity index (χ0v) is 13.1. The van der Waals surface area contributed by atoms with Gasteiger partial charge in [0.1, 0.15) is 0 Å². The maximum Gasteiger partial charge on any atom is 0.211 e. The van der Waals surface area contributed by atoms with E-state index in [1.165, 1.54) is 28.8 Å². The number of nitrogens with one attached hydrogen (secondary N) is 1. The van der Waals surface area contributed by atoms with Crippen LogP contribution in [0.4, 0.5) is 0 Å². The van der Waals surface area contributed by atoms with Gasteiger partial charge in [-0.15, -0.1) is 0 Å². The first-order valence-corrected chi connectivity index (χ1v) is 8.18. The second-order valence-corrected chi connectivity index (χ2v) is 6.69. The van der Waals surface area contributed by atoms with Crippen LogP contribution in [0.25, 0.3) is 15.3 Å². The number of rotatable bonds is 4. The van der Waals surface area contributed by atoms with Gasteiger partial charge >= 0.3 is 0 Å². The van der Waals surface area contributed by atoms with E-state index in [4.69, 9.17) is 10.1 Å². The largest absolute Gasteiger partial charge is 0.310 e. The van der Waals surface area contributed by atoms with Crippen LogP contribution in [0.3, 0.4) is 0 Å². The molecule has 108 valence electrons. The van der Waals surface area contributed by atoms with Crippen molar-refractivity contribution in [2.75, 3.05) is 0 Å². The Hall–Kier alpha value is -1.72. The SMILES string of the molecule is Cc1nn(-c2nc3ccccc3s2)c(C)c1CNC1CC1. The quantitative estimate of drug-likeness (QED) is 0.803. The standard InChI is InChI=1S/C16H18N4S/c1-10-13(9-17-12-7-8-12)11(2)20(19-10)16-18-14-5-3-4-6-15(14)21-16/h3-6,12,17H,7-9H2,1-2H3. The Morgan fingerprint density at radius 2 is 2.10 bits per heavy atom. The molecule has 0 saturated heterocycles. The van der Waals surface area contributed by atoms with E-state index in [0.29, 0.717) is 0 Å². The number of aromatic nitrogens is 3. The van der Waals surface area contributed by atoms with Crippen molar-refractivity contribution in [2.45, 2.75) is 39.3 Å². The molecule has 5 heteroatoms. The zero-order valence-electron chi connectivity index (χ0n) is 12.3. The number of hydrogen-bond donors (Lipinski definition) is 1. The molecular formula is C16H18N4S. The molecule has 0 amide bonds. The van der Waals surface area contributed by atoms with Gasteiger partial charge in [-0.3, -0.25) is 0 Å². The topological polar surface area (TPSA) is 42.7 Å². The Morgan fingerprint density at radius 3 is 2.86 bits per heavy atom. The van der Waals surface area contributed by atoms with Gasteiger partial charge in [-0.1, -0.05) is 23.5 Å². The summed E-state index contributed by atoms with van der Waals surface area (Å²) in [7, 11) is 0. The average Bonchev–Trinajstić information content (AvgIpc) is 3.13. The highest BCUT2D eigenvalue weighted by Crippen LogP contribution is 2.27. The summed E-state index contributed by atoms with van der Waals surface area (Å²) in [6.07, 6.45) is 2.62. The highest BCUT2D eigenvalue weighted by molar-refractivity contribution is 7.20. The number of para-hydroxylation sites is 1. The molecule has 4 nitrogen and oxygen atoms in total. The molecule has 0 aliphatic heterocycles. The summed E-state index contributed by atoms with van der Waals surface area (Å²) in [6, 6.07) is 8.96. The first kappa shape index (κ1) is 13.0. The molecule has 1 aromatic carbocycles. The van der Waals surface area contributed by atoms with Crippen molar-refractivity contribution in [1.82, 2.24) is 20.1 Å². The minimum atomic E-state index is 0.717. The maximum absolute atomic E-state index is 4.70. The molecule has 2 heterocycles. The van der Waals surface area contributed by atoms with Crippen LogP contribution < -0.4 is 5.32 Å². The van der Waals surface area contributed by atoms with E-state index in [1.54, 1.807) is 11.3 Å². The Bertz CT molecular complexity index is 765. The molecule has 0 unspecified atom stereocenters. The summed E-state index contributed by atoms with van der Waals surface area (Å²) in [4.78, 5) is 4.70. The predicted molar refractivity (Wildman–Crippen MR) is 86.1 cm³/mol. The summed E-state index contributed by atoms with van der Waals surface area (Å²) < 4.78 is 3.20. The molecule has 1 saturated carbocycles. The second kappa shape index (κ2) is 4.93. The lowest BCUT2D eigenvalue weighted by molar-refractivity contribution is 0.682. The highest BCUT2D eigenvalue weighted by Gasteiger charge is 2.22. The molecule has 1 fully saturated rings. The number of thiazole rings is 1. The van der Waals surface area contributed by atoms with Gasteiger partial charge in [0.2, 0.25) is 5.13 Å². The van der Waals surface area contributed by atoms with Gasteiger partial charge < -0.3 is 5.32 Å². The van der Waals surface area contributed by atoms with Crippen LogP contribution in [0.1, 0.15) is 29.8 Å². The molecule has 0 spiro atoms. The molecule has 1 N–H and O–H groups in total. The van der Waals surface area contributed by atoms with Gasteiger partial charge in [-0.2, -0.15) is 5.10 Å². The lowest BCUT2D eigenvalue weighted by atomic mass is 10.2. The molecular weight excluding hydrogens is 280 g/mol. The third-order valence-corrected chi connectivity index (χ3v) is 5.06. The van der Waals surface area contributed by atoms with Gasteiger partial charge in [0.15, 0.2) is 0 Å². The van der Waals surface area contributed by atoms with Gasteiger partial charge in [0.25, 0.3) is 0 Å². The molecule has 2 aromatic heterocycles. The minimum Gasteiger partial charge on any atom is -0.310 e. The lowest BCUT2D eigenvalue weighted by Crippen LogP contribution is -2.16. The molecule has 3 aromatic rings. The number of benzene rings is 1. The molecule has 1 aliphatic rings. The number of aryl methyl sites for hydroxylation is 1. The van der Waals surface area contributed by atoms with E-state index in [-0.39, 0.29) is 0 Å². The zero-order chi connectivity index (χ0) is 14.4. The summed E-state index contributed by atoms with van der Waals surface area (Å²) in [5.74, 6) is 0. The van der Waals surface area contributed by atoms with E-state index in [0.717, 1.165) is 28.9 Å². The fraction of sp³-hybridized carbons (Fsp3) is 0.375. The van der Waals surface area contributed by atoms with Crippen molar-refractivity contribution < 1.29 is 0 Å². The van der Waals surface area contributed by atoms with Gasteiger partial charge in [-0.05, 0) is 38.8 Å². The fourth-order valence-electron chi connectivity index (χ4n) is 2.60. The van der Waals surface area contributed by atoms with E-state index < -0.39 is 0 Å². The normalized spacial score (nSPS) is 15.0. The Balaban J connectivity index is 1.71. The van der Waals surface area contributed by atoms with Crippen molar-refractivity contribution >= 4 is 21.6 Å². The number of hydrogen-bond acceptors (Lipinski definition) is 4. The van der Waals surface area contributed by atoms with E-state index in [2.05, 4.69) is 37.4 Å². The maximum atomic E-state index is 4.70. The summed E-state index contributed by atoms with van der Waals surface area (Å²) in [5, 5.41) is 9.23. The minimum absolute atomic E-state index is 0.717. The van der Waals surface area contributed by atoms with Crippen LogP contribution in [0.15, 0.2) is 24.3 Å². The third-order valence-electron chi connectivity index (χ3n) is 4.05. The number of nitrogens with zero attached hydrogens (tertiary/aromatic N) is 3. The van der Waals surface area contributed by atoms with Gasteiger partial charge in [-0.25, -0.2) is 9.67 Å². The Kier molecular flexibility index (Phi) is 3.05. The fourth-order valence-corrected chi connectivity index (χ4v) is 3.57. The van der Waals surface area contributed by atoms with Crippen molar-refractivity contribution in [2.24, 2.45) is 0 Å². The van der Waals surface area contributed by atoms with E-state index >= 15 is 0 Å². The Labute approximate surface area is 127 Å². The number of fused-ring (bicyclic) bond motifs is 1. The molecule has 0 radical (unpaired) electrons. The van der Waals surface area contributed by atoms with Crippen LogP contribution in [0.5, 0.6) is 0 Å². The smallest absolute Gasteiger partial charge is 0.211 e. The van der Waals surface area contributed by atoms with Crippen LogP contribution in [0.2, 0.25) is 0 Å². The monoisotopic (exact) mass is 298 g/mol. The predicted octanol–water partition coefficient (Wildman–Crippen LogP) is 3.35. The van der Waals surface area contributed by atoms with Crippen molar-refractivity contribution in [3.63, 3.8) is 0 Å². The van der Waals surface area contributed by atoms with Crippen LogP contribution in [-0.2, 0) is 6.54 Å². The molecule has 0 bridgehead atoms. The second-order valence-electron chi connectivity index (χ2n) is 5.68. The molecule has 1 aliphatic carbocycles. The van der Waals surface area contributed by atoms with Gasteiger partial charge in [0.05, 0.1) is 15.9 Å². The van der Waals surface area contributed by atoms with Crippen molar-refractivity contribution in [3.8, 4) is 5.13 Å². The molecule has 4 rings (SSSR count). The van der Waals surface area contributed by atoms with Gasteiger partial charge in [0, 0.05) is 23.8 Å². The summed E-state index contributed by atoms with van der Waals surface area (Å²) in [5.41, 5.74) is 4.64. The third kappa shape index (κ3) is 2.36.